The number of carbonyl (C=O) groups excluding carboxylic acids is 1. The lowest BCUT2D eigenvalue weighted by Gasteiger charge is -2.07. The molecular weight excluding hydrogens is 388 g/mol. The molecule has 0 saturated carbocycles. The third-order valence-electron chi connectivity index (χ3n) is 4.38. The number of anilines is 1. The Balaban J connectivity index is 1.49. The lowest BCUT2D eigenvalue weighted by atomic mass is 10.2. The summed E-state index contributed by atoms with van der Waals surface area (Å²) >= 11 is 0. The Kier molecular flexibility index (Phi) is 5.00. The Hall–Kier alpha value is -4.02. The zero-order chi connectivity index (χ0) is 21.3. The smallest absolute Gasteiger partial charge is 0.252 e. The molecule has 1 aromatic carbocycles. The zero-order valence-corrected chi connectivity index (χ0v) is 16.9. The van der Waals surface area contributed by atoms with Crippen molar-refractivity contribution in [2.24, 2.45) is 0 Å². The molecule has 0 atom stereocenters. The second-order valence-corrected chi connectivity index (χ2v) is 6.58. The fourth-order valence-corrected chi connectivity index (χ4v) is 3.03. The van der Waals surface area contributed by atoms with E-state index in [0.717, 1.165) is 11.4 Å². The molecule has 0 fully saturated rings. The van der Waals surface area contributed by atoms with E-state index in [1.165, 1.54) is 0 Å². The first-order valence-corrected chi connectivity index (χ1v) is 9.11. The molecule has 3 heterocycles. The minimum absolute atomic E-state index is 0.0302. The summed E-state index contributed by atoms with van der Waals surface area (Å²) in [7, 11) is 3.13. The van der Waals surface area contributed by atoms with Crippen molar-refractivity contribution in [2.45, 2.75) is 20.3 Å². The van der Waals surface area contributed by atoms with Gasteiger partial charge in [-0.05, 0) is 32.0 Å². The van der Waals surface area contributed by atoms with Crippen molar-refractivity contribution in [2.75, 3.05) is 19.5 Å². The molecule has 3 aromatic heterocycles. The fourth-order valence-electron chi connectivity index (χ4n) is 3.03. The minimum atomic E-state index is -0.340. The van der Waals surface area contributed by atoms with Crippen LogP contribution in [-0.4, -0.2) is 54.9 Å². The van der Waals surface area contributed by atoms with Crippen molar-refractivity contribution in [3.05, 3.63) is 41.5 Å². The van der Waals surface area contributed by atoms with Gasteiger partial charge in [-0.1, -0.05) is 0 Å². The van der Waals surface area contributed by atoms with Crippen molar-refractivity contribution in [3.8, 4) is 22.9 Å². The predicted octanol–water partition coefficient (Wildman–Crippen LogP) is 1.72. The molecule has 0 spiro atoms. The Morgan fingerprint density at radius 3 is 2.73 bits per heavy atom. The van der Waals surface area contributed by atoms with Crippen LogP contribution in [0.5, 0.6) is 11.5 Å². The Labute approximate surface area is 171 Å². The van der Waals surface area contributed by atoms with E-state index in [1.807, 2.05) is 19.9 Å². The number of aromatic amines is 1. The summed E-state index contributed by atoms with van der Waals surface area (Å²) in [6.07, 6.45) is -0.0302. The average molecular weight is 408 g/mol. The highest BCUT2D eigenvalue weighted by molar-refractivity contribution is 5.90. The van der Waals surface area contributed by atoms with Crippen molar-refractivity contribution in [1.29, 1.82) is 0 Å². The number of benzene rings is 1. The number of hydrogen-bond acceptors (Lipinski definition) is 8. The molecule has 0 bridgehead atoms. The van der Waals surface area contributed by atoms with Gasteiger partial charge in [0, 0.05) is 17.5 Å². The molecule has 4 aromatic rings. The molecule has 0 aliphatic heterocycles. The second-order valence-electron chi connectivity index (χ2n) is 6.58. The molecule has 0 aliphatic rings. The topological polar surface area (TPSA) is 132 Å². The first-order chi connectivity index (χ1) is 14.5. The molecule has 0 saturated heterocycles. The molecule has 154 valence electrons. The van der Waals surface area contributed by atoms with Gasteiger partial charge in [-0.3, -0.25) is 15.2 Å². The van der Waals surface area contributed by atoms with Gasteiger partial charge in [-0.2, -0.15) is 9.97 Å². The van der Waals surface area contributed by atoms with Crippen LogP contribution in [0, 0.1) is 13.8 Å². The molecule has 0 radical (unpaired) electrons. The predicted molar refractivity (Wildman–Crippen MR) is 108 cm³/mol. The van der Waals surface area contributed by atoms with E-state index in [9.17, 15) is 4.79 Å². The molecule has 0 unspecified atom stereocenters. The van der Waals surface area contributed by atoms with Crippen LogP contribution in [0.3, 0.4) is 0 Å². The van der Waals surface area contributed by atoms with Crippen molar-refractivity contribution in [3.63, 3.8) is 0 Å². The maximum Gasteiger partial charge on any atom is 0.252 e. The van der Waals surface area contributed by atoms with Crippen molar-refractivity contribution >= 4 is 17.6 Å². The van der Waals surface area contributed by atoms with E-state index >= 15 is 0 Å². The highest BCUT2D eigenvalue weighted by Crippen LogP contribution is 2.31. The number of hydrogen-bond donors (Lipinski definition) is 2. The molecule has 11 heteroatoms. The van der Waals surface area contributed by atoms with E-state index in [4.69, 9.17) is 9.47 Å². The number of ether oxygens (including phenoxy) is 2. The monoisotopic (exact) mass is 408 g/mol. The quantitative estimate of drug-likeness (QED) is 0.493. The molecule has 4 rings (SSSR count). The fraction of sp³-hybridized carbons (Fsp3) is 0.263. The number of aromatic nitrogens is 7. The molecular formula is C19H20N8O3. The number of amides is 1. The summed E-state index contributed by atoms with van der Waals surface area (Å²) in [5, 5.41) is 13.8. The van der Waals surface area contributed by atoms with E-state index in [1.54, 1.807) is 36.9 Å². The standard InChI is InChI=1S/C19H20N8O3/c1-10-7-11(2)27-19(20-10)21-15(26-27)9-16(28)22-18-23-17(24-25-18)13-6-5-12(29-3)8-14(13)30-4/h5-8H,9H2,1-4H3,(H2,22,23,24,25,28). The summed E-state index contributed by atoms with van der Waals surface area (Å²) in [5.74, 6) is 2.29. The number of nitrogens with zero attached hydrogens (tertiary/aromatic N) is 6. The summed E-state index contributed by atoms with van der Waals surface area (Å²) in [6.45, 7) is 3.79. The Morgan fingerprint density at radius 1 is 1.13 bits per heavy atom. The number of nitrogens with one attached hydrogen (secondary N) is 2. The number of aryl methyl sites for hydroxylation is 2. The van der Waals surface area contributed by atoms with Gasteiger partial charge in [0.2, 0.25) is 11.9 Å². The molecule has 0 aliphatic carbocycles. The third-order valence-corrected chi connectivity index (χ3v) is 4.38. The highest BCUT2D eigenvalue weighted by Gasteiger charge is 2.16. The molecule has 11 nitrogen and oxygen atoms in total. The first kappa shape index (κ1) is 19.3. The van der Waals surface area contributed by atoms with E-state index < -0.39 is 0 Å². The van der Waals surface area contributed by atoms with Crippen LogP contribution in [0.1, 0.15) is 17.2 Å². The largest absolute Gasteiger partial charge is 0.497 e. The third kappa shape index (κ3) is 3.77. The van der Waals surface area contributed by atoms with Gasteiger partial charge >= 0.3 is 0 Å². The lowest BCUT2D eigenvalue weighted by molar-refractivity contribution is -0.115. The van der Waals surface area contributed by atoms with Crippen LogP contribution in [0.2, 0.25) is 0 Å². The van der Waals surface area contributed by atoms with Gasteiger partial charge in [0.05, 0.1) is 26.2 Å². The van der Waals surface area contributed by atoms with Crippen LogP contribution in [0.15, 0.2) is 24.3 Å². The Morgan fingerprint density at radius 2 is 1.97 bits per heavy atom. The second kappa shape index (κ2) is 7.78. The van der Waals surface area contributed by atoms with Crippen molar-refractivity contribution < 1.29 is 14.3 Å². The van der Waals surface area contributed by atoms with E-state index in [0.29, 0.717) is 34.5 Å². The number of carbonyl (C=O) groups is 1. The maximum absolute atomic E-state index is 12.4. The summed E-state index contributed by atoms with van der Waals surface area (Å²) in [5.41, 5.74) is 2.42. The molecule has 2 N–H and O–H groups in total. The number of methoxy groups -OCH3 is 2. The van der Waals surface area contributed by atoms with Gasteiger partial charge in [0.15, 0.2) is 11.6 Å². The number of H-pyrrole nitrogens is 1. The van der Waals surface area contributed by atoms with E-state index in [-0.39, 0.29) is 18.3 Å². The number of rotatable bonds is 6. The van der Waals surface area contributed by atoms with Crippen LogP contribution >= 0.6 is 0 Å². The van der Waals surface area contributed by atoms with Crippen LogP contribution < -0.4 is 14.8 Å². The Bertz CT molecular complexity index is 1230. The van der Waals surface area contributed by atoms with Gasteiger partial charge in [-0.25, -0.2) is 9.50 Å². The molecule has 30 heavy (non-hydrogen) atoms. The van der Waals surface area contributed by atoms with Gasteiger partial charge < -0.3 is 9.47 Å². The minimum Gasteiger partial charge on any atom is -0.497 e. The van der Waals surface area contributed by atoms with Crippen LogP contribution in [0.4, 0.5) is 5.95 Å². The van der Waals surface area contributed by atoms with Gasteiger partial charge in [0.25, 0.3) is 5.78 Å². The van der Waals surface area contributed by atoms with Crippen molar-refractivity contribution in [1.82, 2.24) is 34.8 Å². The number of fused-ring (bicyclic) bond motifs is 1. The summed E-state index contributed by atoms with van der Waals surface area (Å²) in [6, 6.07) is 7.21. The average Bonchev–Trinajstić information content (AvgIpc) is 3.34. The maximum atomic E-state index is 12.4. The lowest BCUT2D eigenvalue weighted by Crippen LogP contribution is -2.16. The van der Waals surface area contributed by atoms with Gasteiger partial charge in [0.1, 0.15) is 11.5 Å². The SMILES string of the molecule is COc1ccc(-c2nc(NC(=O)Cc3nc4nc(C)cc(C)n4n3)n[nH]2)c(OC)c1. The zero-order valence-electron chi connectivity index (χ0n) is 16.9. The van der Waals surface area contributed by atoms with Crippen LogP contribution in [-0.2, 0) is 11.2 Å². The first-order valence-electron chi connectivity index (χ1n) is 9.11. The van der Waals surface area contributed by atoms with Gasteiger partial charge in [-0.15, -0.1) is 10.2 Å². The van der Waals surface area contributed by atoms with Crippen LogP contribution in [0.25, 0.3) is 17.2 Å². The summed E-state index contributed by atoms with van der Waals surface area (Å²) < 4.78 is 12.2. The van der Waals surface area contributed by atoms with E-state index in [2.05, 4.69) is 35.6 Å². The molecule has 1 amide bonds. The summed E-state index contributed by atoms with van der Waals surface area (Å²) in [4.78, 5) is 25.4. The highest BCUT2D eigenvalue weighted by atomic mass is 16.5. The normalized spacial score (nSPS) is 10.9.